The molecule has 4 rings (SSSR count). The van der Waals surface area contributed by atoms with Crippen molar-refractivity contribution in [2.45, 2.75) is 19.4 Å². The van der Waals surface area contributed by atoms with Gasteiger partial charge >= 0.3 is 11.9 Å². The number of aliphatic carboxylic acids is 1. The second-order valence-corrected chi connectivity index (χ2v) is 8.95. The highest BCUT2D eigenvalue weighted by Crippen LogP contribution is 2.38. The number of nitrogens with one attached hydrogen (secondary N) is 2. The van der Waals surface area contributed by atoms with Crippen molar-refractivity contribution in [2.75, 3.05) is 31.8 Å². The van der Waals surface area contributed by atoms with Gasteiger partial charge in [0.15, 0.2) is 0 Å². The van der Waals surface area contributed by atoms with E-state index in [0.717, 1.165) is 17.8 Å². The zero-order valence-corrected chi connectivity index (χ0v) is 20.9. The second-order valence-electron chi connectivity index (χ2n) is 8.95. The van der Waals surface area contributed by atoms with Crippen LogP contribution in [0.3, 0.4) is 0 Å². The minimum atomic E-state index is -0.910. The summed E-state index contributed by atoms with van der Waals surface area (Å²) in [5.74, 6) is -1.73. The molecule has 3 N–H and O–H groups in total. The van der Waals surface area contributed by atoms with Gasteiger partial charge in [0.2, 0.25) is 0 Å². The highest BCUT2D eigenvalue weighted by Gasteiger charge is 2.29. The van der Waals surface area contributed by atoms with Crippen molar-refractivity contribution in [3.05, 3.63) is 88.7 Å². The summed E-state index contributed by atoms with van der Waals surface area (Å²) in [5.41, 5.74) is 5.61. The molecule has 9 nitrogen and oxygen atoms in total. The monoisotopic (exact) mass is 500 g/mol. The van der Waals surface area contributed by atoms with E-state index in [1.807, 2.05) is 38.4 Å². The summed E-state index contributed by atoms with van der Waals surface area (Å²) in [7, 11) is 5.31. The molecule has 0 bridgehead atoms. The van der Waals surface area contributed by atoms with E-state index in [1.54, 1.807) is 36.5 Å². The quantitative estimate of drug-likeness (QED) is 0.299. The number of carboxylic acids is 1. The minimum Gasteiger partial charge on any atom is -0.481 e. The minimum absolute atomic E-state index is 0.0528. The van der Waals surface area contributed by atoms with Crippen molar-refractivity contribution in [1.82, 2.24) is 9.88 Å². The van der Waals surface area contributed by atoms with Crippen molar-refractivity contribution in [2.24, 2.45) is 0 Å². The van der Waals surface area contributed by atoms with Gasteiger partial charge in [0.25, 0.3) is 5.91 Å². The number of carboxylic acid groups (broad SMARTS) is 1. The molecule has 2 aromatic carbocycles. The largest absolute Gasteiger partial charge is 0.481 e. The van der Waals surface area contributed by atoms with Gasteiger partial charge in [0.1, 0.15) is 0 Å². The first-order chi connectivity index (χ1) is 17.7. The number of amides is 1. The molecule has 0 saturated heterocycles. The van der Waals surface area contributed by atoms with E-state index in [1.165, 1.54) is 7.11 Å². The number of carbonyl (C=O) groups is 3. The van der Waals surface area contributed by atoms with E-state index in [9.17, 15) is 14.4 Å². The molecule has 0 atom stereocenters. The van der Waals surface area contributed by atoms with Crippen molar-refractivity contribution >= 4 is 40.5 Å². The summed E-state index contributed by atoms with van der Waals surface area (Å²) in [6, 6.07) is 16.4. The highest BCUT2D eigenvalue weighted by atomic mass is 16.5. The lowest BCUT2D eigenvalue weighted by atomic mass is 9.98. The summed E-state index contributed by atoms with van der Waals surface area (Å²) in [6.07, 6.45) is 1.81. The van der Waals surface area contributed by atoms with E-state index in [4.69, 9.17) is 9.84 Å². The number of ether oxygens (including phenoxy) is 1. The molecule has 0 aliphatic carbocycles. The molecule has 0 radical (unpaired) electrons. The number of fused-ring (bicyclic) bond motifs is 1. The summed E-state index contributed by atoms with van der Waals surface area (Å²) in [6.45, 7) is 0.795. The average molecular weight is 501 g/mol. The van der Waals surface area contributed by atoms with E-state index in [0.29, 0.717) is 39.3 Å². The topological polar surface area (TPSA) is 121 Å². The van der Waals surface area contributed by atoms with Gasteiger partial charge in [-0.2, -0.15) is 0 Å². The molecule has 1 aromatic heterocycles. The summed E-state index contributed by atoms with van der Waals surface area (Å²) in [4.78, 5) is 42.7. The van der Waals surface area contributed by atoms with E-state index >= 15 is 0 Å². The zero-order valence-electron chi connectivity index (χ0n) is 20.9. The Morgan fingerprint density at radius 3 is 2.49 bits per heavy atom. The lowest BCUT2D eigenvalue weighted by Gasteiger charge is -2.16. The standard InChI is InChI=1S/C28H28N4O5/c1-32(2)16-17-4-7-20(8-5-17)30-26(18-12-13-29-21(14-18)9-11-24(33)34)25-22-10-6-19(28(36)37-3)15-23(22)31-27(25)35/h4-8,10,12-15,30H,9,11,16H2,1-3H3,(H,31,35)(H,33,34). The number of aryl methyl sites for hydroxylation is 1. The Morgan fingerprint density at radius 1 is 1.05 bits per heavy atom. The Hall–Kier alpha value is -4.50. The maximum atomic E-state index is 13.2. The van der Waals surface area contributed by atoms with Crippen LogP contribution >= 0.6 is 0 Å². The number of carbonyl (C=O) groups excluding carboxylic acids is 2. The molecule has 37 heavy (non-hydrogen) atoms. The number of esters is 1. The molecule has 0 unspecified atom stereocenters. The number of nitrogens with zero attached hydrogens (tertiary/aromatic N) is 2. The van der Waals surface area contributed by atoms with Crippen LogP contribution in [-0.4, -0.2) is 54.0 Å². The van der Waals surface area contributed by atoms with Crippen LogP contribution in [0, 0.1) is 0 Å². The molecule has 1 amide bonds. The van der Waals surface area contributed by atoms with Crippen LogP contribution in [0.1, 0.15) is 39.2 Å². The van der Waals surface area contributed by atoms with E-state index in [2.05, 4.69) is 20.5 Å². The summed E-state index contributed by atoms with van der Waals surface area (Å²) in [5, 5.41) is 15.3. The first-order valence-electron chi connectivity index (χ1n) is 11.7. The molecule has 0 spiro atoms. The first kappa shape index (κ1) is 25.6. The van der Waals surface area contributed by atoms with Crippen LogP contribution in [0.4, 0.5) is 11.4 Å². The van der Waals surface area contributed by atoms with Gasteiger partial charge in [0, 0.05) is 41.7 Å². The molecule has 0 fully saturated rings. The summed E-state index contributed by atoms with van der Waals surface area (Å²) >= 11 is 0. The Labute approximate surface area is 214 Å². The number of benzene rings is 2. The van der Waals surface area contributed by atoms with Crippen LogP contribution in [0.2, 0.25) is 0 Å². The Morgan fingerprint density at radius 2 is 1.81 bits per heavy atom. The van der Waals surface area contributed by atoms with Crippen molar-refractivity contribution in [3.8, 4) is 0 Å². The number of aromatic nitrogens is 1. The Kier molecular flexibility index (Phi) is 7.64. The lowest BCUT2D eigenvalue weighted by Crippen LogP contribution is -2.11. The third-order valence-electron chi connectivity index (χ3n) is 5.86. The first-order valence-corrected chi connectivity index (χ1v) is 11.7. The number of hydrogen-bond donors (Lipinski definition) is 3. The molecule has 1 aliphatic heterocycles. The van der Waals surface area contributed by atoms with Gasteiger partial charge in [-0.15, -0.1) is 0 Å². The zero-order chi connectivity index (χ0) is 26.5. The number of hydrogen-bond acceptors (Lipinski definition) is 7. The van der Waals surface area contributed by atoms with Crippen molar-refractivity contribution in [1.29, 1.82) is 0 Å². The number of rotatable bonds is 9. The van der Waals surface area contributed by atoms with Crippen molar-refractivity contribution in [3.63, 3.8) is 0 Å². The van der Waals surface area contributed by atoms with Gasteiger partial charge in [0.05, 0.1) is 36.1 Å². The molecule has 3 aromatic rings. The second kappa shape index (κ2) is 11.0. The number of pyridine rings is 1. The third kappa shape index (κ3) is 6.02. The summed E-state index contributed by atoms with van der Waals surface area (Å²) < 4.78 is 4.80. The molecular formula is C28H28N4O5. The van der Waals surface area contributed by atoms with E-state index < -0.39 is 11.9 Å². The maximum Gasteiger partial charge on any atom is 0.337 e. The van der Waals surface area contributed by atoms with Crippen LogP contribution < -0.4 is 10.6 Å². The lowest BCUT2D eigenvalue weighted by molar-refractivity contribution is -0.137. The third-order valence-corrected chi connectivity index (χ3v) is 5.86. The van der Waals surface area contributed by atoms with Crippen LogP contribution in [-0.2, 0) is 27.3 Å². The molecule has 9 heteroatoms. The fraction of sp³-hybridized carbons (Fsp3) is 0.214. The van der Waals surface area contributed by atoms with Crippen LogP contribution in [0.15, 0.2) is 60.8 Å². The van der Waals surface area contributed by atoms with Gasteiger partial charge in [-0.25, -0.2) is 4.79 Å². The van der Waals surface area contributed by atoms with Gasteiger partial charge in [-0.1, -0.05) is 18.2 Å². The van der Waals surface area contributed by atoms with Gasteiger partial charge in [-0.3, -0.25) is 14.6 Å². The van der Waals surface area contributed by atoms with Crippen LogP contribution in [0.5, 0.6) is 0 Å². The van der Waals surface area contributed by atoms with Gasteiger partial charge in [-0.05, 0) is 56.1 Å². The SMILES string of the molecule is COC(=O)c1ccc2c(c1)NC(=O)C2=C(Nc1ccc(CN(C)C)cc1)c1ccnc(CCC(=O)O)c1. The molecular weight excluding hydrogens is 472 g/mol. The molecule has 1 aliphatic rings. The average Bonchev–Trinajstić information content (AvgIpc) is 3.21. The molecule has 2 heterocycles. The number of methoxy groups -OCH3 is 1. The Bertz CT molecular complexity index is 1380. The predicted molar refractivity (Wildman–Crippen MR) is 141 cm³/mol. The van der Waals surface area contributed by atoms with Crippen molar-refractivity contribution < 1.29 is 24.2 Å². The Balaban J connectivity index is 1.80. The van der Waals surface area contributed by atoms with E-state index in [-0.39, 0.29) is 18.7 Å². The highest BCUT2D eigenvalue weighted by molar-refractivity contribution is 6.37. The maximum absolute atomic E-state index is 13.2. The normalized spacial score (nSPS) is 13.7. The van der Waals surface area contributed by atoms with Gasteiger partial charge < -0.3 is 25.4 Å². The smallest absolute Gasteiger partial charge is 0.337 e. The number of anilines is 2. The van der Waals surface area contributed by atoms with Crippen LogP contribution in [0.25, 0.3) is 11.3 Å². The molecule has 0 saturated carbocycles. The molecule has 190 valence electrons. The fourth-order valence-corrected chi connectivity index (χ4v) is 4.15. The fourth-order valence-electron chi connectivity index (χ4n) is 4.15. The predicted octanol–water partition coefficient (Wildman–Crippen LogP) is 3.88.